The minimum absolute atomic E-state index is 0.701. The first-order chi connectivity index (χ1) is 8.51. The van der Waals surface area contributed by atoms with Gasteiger partial charge in [-0.05, 0) is 28.2 Å². The number of hydrogen-bond donors (Lipinski definition) is 0. The molecule has 0 fully saturated rings. The van der Waals surface area contributed by atoms with Crippen LogP contribution in [0.1, 0.15) is 0 Å². The summed E-state index contributed by atoms with van der Waals surface area (Å²) in [6.45, 7) is 23.4. The highest BCUT2D eigenvalue weighted by molar-refractivity contribution is 8.03. The Labute approximate surface area is 132 Å². The molecule has 0 aromatic carbocycles. The molecule has 0 atom stereocenters. The lowest BCUT2D eigenvalue weighted by Crippen LogP contribution is -2.93. The van der Waals surface area contributed by atoms with Crippen molar-refractivity contribution in [2.24, 2.45) is 0 Å². The van der Waals surface area contributed by atoms with Crippen LogP contribution in [0.4, 0.5) is 0 Å². The Hall–Kier alpha value is 0.852. The van der Waals surface area contributed by atoms with Crippen LogP contribution in [0.3, 0.4) is 0 Å². The van der Waals surface area contributed by atoms with Crippen LogP contribution in [0.25, 0.3) is 0 Å². The summed E-state index contributed by atoms with van der Waals surface area (Å²) >= 11 is 0. The molecule has 0 radical (unpaired) electrons. The maximum Gasteiger partial charge on any atom is 0.286 e. The average Bonchev–Trinajstić information content (AvgIpc) is 2.04. The zero-order valence-electron chi connectivity index (χ0n) is 16.5. The zero-order valence-corrected chi connectivity index (χ0v) is 20.5. The van der Waals surface area contributed by atoms with E-state index in [4.69, 9.17) is 0 Å². The molecular weight excluding hydrogens is 307 g/mol. The molecule has 0 bridgehead atoms. The monoisotopic (exact) mass is 346 g/mol. The van der Waals surface area contributed by atoms with Crippen molar-refractivity contribution in [1.29, 1.82) is 0 Å². The van der Waals surface area contributed by atoms with Crippen molar-refractivity contribution < 1.29 is 0 Å². The second-order valence-electron chi connectivity index (χ2n) is 9.86. The predicted molar refractivity (Wildman–Crippen MR) is 109 cm³/mol. The Morgan fingerprint density at radius 3 is 0.750 bits per heavy atom. The van der Waals surface area contributed by atoms with E-state index in [0.29, 0.717) is 6.57 Å². The molecule has 0 aromatic heterocycles. The molecule has 0 spiro atoms. The predicted octanol–water partition coefficient (Wildman–Crippen LogP) is 3.37. The third-order valence-electron chi connectivity index (χ3n) is 4.91. The third-order valence-corrected chi connectivity index (χ3v) is 77.9. The summed E-state index contributed by atoms with van der Waals surface area (Å²) in [7, 11) is 5.60. The van der Waals surface area contributed by atoms with Crippen molar-refractivity contribution in [3.63, 3.8) is 0 Å². The van der Waals surface area contributed by atoms with Gasteiger partial charge in [-0.3, -0.25) is 0 Å². The molecule has 0 saturated heterocycles. The molecule has 0 aliphatic rings. The molecule has 20 heavy (non-hydrogen) atoms. The summed E-state index contributed by atoms with van der Waals surface area (Å²) in [5.74, 6) is 0. The maximum atomic E-state index is 2.68. The molecule has 0 unspecified atom stereocenters. The van der Waals surface area contributed by atoms with Gasteiger partial charge in [0.15, 0.2) is 0 Å². The molecule has 0 heterocycles. The van der Waals surface area contributed by atoms with E-state index < -0.39 is 29.3 Å². The van der Waals surface area contributed by atoms with E-state index in [-0.39, 0.29) is 0 Å². The normalized spacial score (nSPS) is 15.2. The van der Waals surface area contributed by atoms with Gasteiger partial charge in [-0.1, -0.05) is 58.9 Å². The Bertz CT molecular complexity index is 283. The van der Waals surface area contributed by atoms with Crippen molar-refractivity contribution in [3.8, 4) is 0 Å². The summed E-state index contributed by atoms with van der Waals surface area (Å²) in [5.41, 5.74) is 0. The van der Waals surface area contributed by atoms with Crippen molar-refractivity contribution in [2.75, 3.05) is 28.2 Å². The van der Waals surface area contributed by atoms with Crippen LogP contribution in [-0.4, -0.2) is 73.7 Å². The first-order valence-corrected chi connectivity index (χ1v) is 23.4. The third kappa shape index (κ3) is 3.43. The van der Waals surface area contributed by atoms with Crippen LogP contribution in [0.2, 0.25) is 58.9 Å². The Balaban J connectivity index is 6.60. The summed E-state index contributed by atoms with van der Waals surface area (Å²) in [6.07, 6.45) is 0. The average molecular weight is 347 g/mol. The van der Waals surface area contributed by atoms with E-state index in [1.165, 1.54) is 0 Å². The molecular formula is C13H39BN2Si4. The van der Waals surface area contributed by atoms with Crippen LogP contribution >= 0.6 is 0 Å². The topological polar surface area (TPSA) is 6.48 Å². The van der Waals surface area contributed by atoms with Gasteiger partial charge < -0.3 is 9.62 Å². The summed E-state index contributed by atoms with van der Waals surface area (Å²) in [6, 6.07) is 0. The highest BCUT2D eigenvalue weighted by atomic mass is 29.9. The van der Waals surface area contributed by atoms with Gasteiger partial charge in [-0.2, -0.15) is 0 Å². The van der Waals surface area contributed by atoms with Gasteiger partial charge >= 0.3 is 0 Å². The molecule has 0 aliphatic heterocycles. The van der Waals surface area contributed by atoms with E-state index in [2.05, 4.69) is 96.7 Å². The second-order valence-corrected chi connectivity index (χ2v) is 50.6. The van der Waals surface area contributed by atoms with Crippen LogP contribution in [0.15, 0.2) is 0 Å². The van der Waals surface area contributed by atoms with Crippen LogP contribution < -0.4 is 0 Å². The smallest absolute Gasteiger partial charge is 0.286 e. The summed E-state index contributed by atoms with van der Waals surface area (Å²) < 4.78 is 0. The van der Waals surface area contributed by atoms with Crippen LogP contribution in [0.5, 0.6) is 0 Å². The standard InChI is InChI=1S/C13H39BN2Si4/c1-15(2)14(16(3)4)20(17(5,6)7,18(8,9)10)19(11,12)13/h1-13H3. The number of rotatable bonds is 6. The molecule has 0 rings (SSSR count). The first kappa shape index (κ1) is 20.9. The Kier molecular flexibility index (Phi) is 6.42. The molecule has 0 saturated carbocycles. The van der Waals surface area contributed by atoms with Crippen molar-refractivity contribution >= 4 is 35.8 Å². The summed E-state index contributed by atoms with van der Waals surface area (Å²) in [4.78, 5) is 5.11. The highest BCUT2D eigenvalue weighted by Gasteiger charge is 2.68. The van der Waals surface area contributed by atoms with Gasteiger partial charge in [0.05, 0.1) is 6.50 Å². The summed E-state index contributed by atoms with van der Waals surface area (Å²) in [5, 5.41) is 0. The fraction of sp³-hybridized carbons (Fsp3) is 1.00. The zero-order chi connectivity index (χ0) is 16.7. The highest BCUT2D eigenvalue weighted by Crippen LogP contribution is 2.39. The molecule has 7 heteroatoms. The molecule has 120 valence electrons. The molecule has 0 amide bonds. The molecule has 2 nitrogen and oxygen atoms in total. The van der Waals surface area contributed by atoms with Gasteiger partial charge in [0, 0.05) is 22.8 Å². The van der Waals surface area contributed by atoms with E-state index in [1.54, 1.807) is 0 Å². The van der Waals surface area contributed by atoms with E-state index in [9.17, 15) is 0 Å². The lowest BCUT2D eigenvalue weighted by Gasteiger charge is -2.62. The minimum atomic E-state index is -1.39. The quantitative estimate of drug-likeness (QED) is 0.680. The van der Waals surface area contributed by atoms with Gasteiger partial charge in [-0.15, -0.1) is 0 Å². The largest absolute Gasteiger partial charge is 0.337 e. The second kappa shape index (κ2) is 6.16. The first-order valence-electron chi connectivity index (χ1n) is 7.84. The fourth-order valence-corrected chi connectivity index (χ4v) is 109. The van der Waals surface area contributed by atoms with Crippen LogP contribution in [-0.2, 0) is 0 Å². The van der Waals surface area contributed by atoms with Crippen LogP contribution in [0, 0.1) is 0 Å². The van der Waals surface area contributed by atoms with Gasteiger partial charge in [0.1, 0.15) is 0 Å². The minimum Gasteiger partial charge on any atom is -0.337 e. The van der Waals surface area contributed by atoms with E-state index >= 15 is 0 Å². The lowest BCUT2D eigenvalue weighted by atomic mass is 10.1. The van der Waals surface area contributed by atoms with Gasteiger partial charge in [0.25, 0.3) is 6.57 Å². The Morgan fingerprint density at radius 1 is 0.500 bits per heavy atom. The number of hydrogen-bond acceptors (Lipinski definition) is 2. The van der Waals surface area contributed by atoms with Crippen molar-refractivity contribution in [2.45, 2.75) is 58.9 Å². The Morgan fingerprint density at radius 2 is 0.700 bits per heavy atom. The SMILES string of the molecule is CN(C)B(N(C)C)[Si]([Si](C)(C)C)([Si](C)(C)C)[Si](C)(C)C. The van der Waals surface area contributed by atoms with Gasteiger partial charge in [0.2, 0.25) is 0 Å². The van der Waals surface area contributed by atoms with Crippen molar-refractivity contribution in [3.05, 3.63) is 0 Å². The molecule has 0 N–H and O–H groups in total. The lowest BCUT2D eigenvalue weighted by molar-refractivity contribution is 0.537. The fourth-order valence-electron chi connectivity index (χ4n) is 5.77. The molecule has 0 aromatic rings. The van der Waals surface area contributed by atoms with Gasteiger partial charge in [-0.25, -0.2) is 0 Å². The van der Waals surface area contributed by atoms with Crippen molar-refractivity contribution in [1.82, 2.24) is 9.62 Å². The molecule has 0 aliphatic carbocycles. The van der Waals surface area contributed by atoms with E-state index in [1.807, 2.05) is 0 Å². The number of nitrogens with zero attached hydrogens (tertiary/aromatic N) is 2. The maximum absolute atomic E-state index is 2.68. The van der Waals surface area contributed by atoms with E-state index in [0.717, 1.165) is 0 Å².